The van der Waals surface area contributed by atoms with E-state index in [1.807, 2.05) is 31.2 Å². The van der Waals surface area contributed by atoms with Crippen LogP contribution >= 0.6 is 11.6 Å². The molecule has 5 heteroatoms. The fraction of sp³-hybridized carbons (Fsp3) is 0.133. The van der Waals surface area contributed by atoms with Crippen molar-refractivity contribution in [2.24, 2.45) is 0 Å². The van der Waals surface area contributed by atoms with Gasteiger partial charge >= 0.3 is 0 Å². The number of hydrogen-bond donors (Lipinski definition) is 0. The lowest BCUT2D eigenvalue weighted by atomic mass is 10.2. The molecule has 0 aliphatic rings. The number of benzene rings is 2. The van der Waals surface area contributed by atoms with Crippen LogP contribution in [0.25, 0.3) is 16.7 Å². The van der Waals surface area contributed by atoms with Gasteiger partial charge in [-0.05, 0) is 18.6 Å². The van der Waals surface area contributed by atoms with Crippen molar-refractivity contribution in [3.8, 4) is 5.69 Å². The Morgan fingerprint density at radius 1 is 1.20 bits per heavy atom. The van der Waals surface area contributed by atoms with E-state index in [4.69, 9.17) is 11.6 Å². The molecule has 0 spiro atoms. The predicted octanol–water partition coefficient (Wildman–Crippen LogP) is 4.35. The maximum Gasteiger partial charge on any atom is 0.153 e. The Morgan fingerprint density at radius 3 is 2.65 bits per heavy atom. The zero-order chi connectivity index (χ0) is 14.3. The molecule has 0 unspecified atom stereocenters. The number of halogens is 3. The SMILES string of the molecule is Cc1ccccc1-n1c(CCl)nc2c(F)cc(F)cc21. The summed E-state index contributed by atoms with van der Waals surface area (Å²) in [5.74, 6) is -0.714. The lowest BCUT2D eigenvalue weighted by Gasteiger charge is -2.10. The Hall–Kier alpha value is -1.94. The average molecular weight is 293 g/mol. The summed E-state index contributed by atoms with van der Waals surface area (Å²) in [4.78, 5) is 4.18. The third kappa shape index (κ3) is 1.96. The number of hydrogen-bond acceptors (Lipinski definition) is 1. The minimum absolute atomic E-state index is 0.115. The van der Waals surface area contributed by atoms with Gasteiger partial charge in [0.25, 0.3) is 0 Å². The van der Waals surface area contributed by atoms with Crippen LogP contribution in [0.15, 0.2) is 36.4 Å². The van der Waals surface area contributed by atoms with Crippen LogP contribution in [0.5, 0.6) is 0 Å². The van der Waals surface area contributed by atoms with Gasteiger partial charge in [0.1, 0.15) is 17.2 Å². The summed E-state index contributed by atoms with van der Waals surface area (Å²) >= 11 is 5.90. The van der Waals surface area contributed by atoms with Gasteiger partial charge in [-0.3, -0.25) is 4.57 Å². The standard InChI is InChI=1S/C15H11ClF2N2/c1-9-4-2-3-5-12(9)20-13-7-10(17)6-11(18)15(13)19-14(20)8-16/h2-7H,8H2,1H3. The third-order valence-electron chi connectivity index (χ3n) is 3.22. The zero-order valence-corrected chi connectivity index (χ0v) is 11.5. The molecule has 0 saturated heterocycles. The van der Waals surface area contributed by atoms with Gasteiger partial charge in [0.15, 0.2) is 5.82 Å². The molecule has 20 heavy (non-hydrogen) atoms. The number of para-hydroxylation sites is 1. The molecule has 0 aliphatic heterocycles. The van der Waals surface area contributed by atoms with Crippen LogP contribution in [0.3, 0.4) is 0 Å². The minimum Gasteiger partial charge on any atom is -0.295 e. The normalized spacial score (nSPS) is 11.2. The van der Waals surface area contributed by atoms with Gasteiger partial charge in [-0.2, -0.15) is 0 Å². The van der Waals surface area contributed by atoms with Crippen LogP contribution in [0.2, 0.25) is 0 Å². The summed E-state index contributed by atoms with van der Waals surface area (Å²) in [6.45, 7) is 1.93. The Morgan fingerprint density at radius 2 is 1.95 bits per heavy atom. The molecule has 102 valence electrons. The number of imidazole rings is 1. The summed E-state index contributed by atoms with van der Waals surface area (Å²) < 4.78 is 29.0. The van der Waals surface area contributed by atoms with Gasteiger partial charge in [0, 0.05) is 12.1 Å². The van der Waals surface area contributed by atoms with Crippen molar-refractivity contribution in [1.82, 2.24) is 9.55 Å². The van der Waals surface area contributed by atoms with Crippen LogP contribution in [0.4, 0.5) is 8.78 Å². The lowest BCUT2D eigenvalue weighted by Crippen LogP contribution is -2.01. The third-order valence-corrected chi connectivity index (χ3v) is 3.46. The molecule has 0 saturated carbocycles. The van der Waals surface area contributed by atoms with Crippen LogP contribution in [0, 0.1) is 18.6 Å². The van der Waals surface area contributed by atoms with Gasteiger partial charge in [0.05, 0.1) is 17.1 Å². The number of fused-ring (bicyclic) bond motifs is 1. The monoisotopic (exact) mass is 292 g/mol. The van der Waals surface area contributed by atoms with E-state index in [0.717, 1.165) is 17.3 Å². The summed E-state index contributed by atoms with van der Waals surface area (Å²) in [5, 5.41) is 0. The van der Waals surface area contributed by atoms with Gasteiger partial charge in [-0.25, -0.2) is 13.8 Å². The second-order valence-corrected chi connectivity index (χ2v) is 4.81. The molecule has 0 atom stereocenters. The topological polar surface area (TPSA) is 17.8 Å². The second kappa shape index (κ2) is 4.87. The molecule has 0 aliphatic carbocycles. The maximum atomic E-state index is 13.8. The van der Waals surface area contributed by atoms with E-state index in [2.05, 4.69) is 4.98 Å². The number of rotatable bonds is 2. The van der Waals surface area contributed by atoms with Crippen molar-refractivity contribution in [2.75, 3.05) is 0 Å². The first-order valence-electron chi connectivity index (χ1n) is 6.10. The summed E-state index contributed by atoms with van der Waals surface area (Å²) in [5.41, 5.74) is 2.30. The van der Waals surface area contributed by atoms with Crippen molar-refractivity contribution >= 4 is 22.6 Å². The molecule has 3 rings (SSSR count). The van der Waals surface area contributed by atoms with Crippen molar-refractivity contribution in [1.29, 1.82) is 0 Å². The van der Waals surface area contributed by atoms with Gasteiger partial charge < -0.3 is 0 Å². The highest BCUT2D eigenvalue weighted by Gasteiger charge is 2.17. The molecule has 0 amide bonds. The van der Waals surface area contributed by atoms with E-state index in [0.29, 0.717) is 11.3 Å². The second-order valence-electron chi connectivity index (χ2n) is 4.54. The fourth-order valence-corrected chi connectivity index (χ4v) is 2.50. The Bertz CT molecular complexity index is 796. The van der Waals surface area contributed by atoms with Crippen LogP contribution in [-0.4, -0.2) is 9.55 Å². The minimum atomic E-state index is -0.682. The molecule has 0 radical (unpaired) electrons. The van der Waals surface area contributed by atoms with Crippen molar-refractivity contribution < 1.29 is 8.78 Å². The molecule has 1 heterocycles. The van der Waals surface area contributed by atoms with E-state index in [1.54, 1.807) is 4.57 Å². The van der Waals surface area contributed by atoms with Crippen LogP contribution < -0.4 is 0 Å². The molecule has 3 aromatic rings. The first-order chi connectivity index (χ1) is 9.61. The lowest BCUT2D eigenvalue weighted by molar-refractivity contribution is 0.590. The fourth-order valence-electron chi connectivity index (χ4n) is 2.32. The quantitative estimate of drug-likeness (QED) is 0.642. The van der Waals surface area contributed by atoms with E-state index < -0.39 is 11.6 Å². The highest BCUT2D eigenvalue weighted by Crippen LogP contribution is 2.27. The molecule has 2 nitrogen and oxygen atoms in total. The maximum absolute atomic E-state index is 13.8. The summed E-state index contributed by atoms with van der Waals surface area (Å²) in [6.07, 6.45) is 0. The van der Waals surface area contributed by atoms with E-state index >= 15 is 0 Å². The Kier molecular flexibility index (Phi) is 3.18. The van der Waals surface area contributed by atoms with Crippen molar-refractivity contribution in [2.45, 2.75) is 12.8 Å². The Labute approximate surface area is 119 Å². The predicted molar refractivity (Wildman–Crippen MR) is 75.3 cm³/mol. The molecular formula is C15H11ClF2N2. The number of nitrogens with zero attached hydrogens (tertiary/aromatic N) is 2. The average Bonchev–Trinajstić information content (AvgIpc) is 2.78. The number of alkyl halides is 1. The highest BCUT2D eigenvalue weighted by atomic mass is 35.5. The Balaban J connectivity index is 2.42. The van der Waals surface area contributed by atoms with E-state index in [1.165, 1.54) is 6.07 Å². The summed E-state index contributed by atoms with van der Waals surface area (Å²) in [6, 6.07) is 9.66. The molecule has 2 aromatic carbocycles. The van der Waals surface area contributed by atoms with Crippen LogP contribution in [-0.2, 0) is 5.88 Å². The van der Waals surface area contributed by atoms with Crippen molar-refractivity contribution in [3.05, 3.63) is 59.4 Å². The van der Waals surface area contributed by atoms with E-state index in [-0.39, 0.29) is 11.4 Å². The molecule has 0 fully saturated rings. The smallest absolute Gasteiger partial charge is 0.153 e. The molecule has 0 bridgehead atoms. The molecular weight excluding hydrogens is 282 g/mol. The summed E-state index contributed by atoms with van der Waals surface area (Å²) in [7, 11) is 0. The van der Waals surface area contributed by atoms with E-state index in [9.17, 15) is 8.78 Å². The largest absolute Gasteiger partial charge is 0.295 e. The molecule has 1 aromatic heterocycles. The van der Waals surface area contributed by atoms with Gasteiger partial charge in [-0.1, -0.05) is 18.2 Å². The van der Waals surface area contributed by atoms with Gasteiger partial charge in [0.2, 0.25) is 0 Å². The molecule has 0 N–H and O–H groups in total. The van der Waals surface area contributed by atoms with Crippen molar-refractivity contribution in [3.63, 3.8) is 0 Å². The zero-order valence-electron chi connectivity index (χ0n) is 10.7. The first-order valence-corrected chi connectivity index (χ1v) is 6.63. The number of aryl methyl sites for hydroxylation is 1. The van der Waals surface area contributed by atoms with Gasteiger partial charge in [-0.15, -0.1) is 11.6 Å². The van der Waals surface area contributed by atoms with Crippen LogP contribution in [0.1, 0.15) is 11.4 Å². The first kappa shape index (κ1) is 13.1. The number of aromatic nitrogens is 2. The highest BCUT2D eigenvalue weighted by molar-refractivity contribution is 6.17.